The fourth-order valence-corrected chi connectivity index (χ4v) is 3.68. The normalized spacial score (nSPS) is 15.3. The molecule has 0 atom stereocenters. The second kappa shape index (κ2) is 7.21. The van der Waals surface area contributed by atoms with Gasteiger partial charge in [-0.25, -0.2) is 15.0 Å². The molecule has 146 valence electrons. The third-order valence-corrected chi connectivity index (χ3v) is 5.44. The summed E-state index contributed by atoms with van der Waals surface area (Å²) in [6.07, 6.45) is 10.8. The average molecular weight is 386 g/mol. The van der Waals surface area contributed by atoms with Crippen LogP contribution in [0, 0.1) is 17.8 Å². The van der Waals surface area contributed by atoms with Crippen molar-refractivity contribution in [1.82, 2.24) is 19.5 Å². The number of fused-ring (bicyclic) bond motifs is 2. The molecule has 0 unspecified atom stereocenters. The summed E-state index contributed by atoms with van der Waals surface area (Å²) in [5, 5.41) is 7.78. The lowest BCUT2D eigenvalue weighted by molar-refractivity contribution is -0.117. The Balaban J connectivity index is 1.52. The molecule has 1 saturated carbocycles. The highest BCUT2D eigenvalue weighted by Crippen LogP contribution is 2.31. The zero-order chi connectivity index (χ0) is 19.8. The van der Waals surface area contributed by atoms with Crippen LogP contribution >= 0.6 is 0 Å². The fourth-order valence-electron chi connectivity index (χ4n) is 3.68. The largest absolute Gasteiger partial charge is 0.373 e. The van der Waals surface area contributed by atoms with E-state index in [0.29, 0.717) is 5.82 Å². The van der Waals surface area contributed by atoms with E-state index in [4.69, 9.17) is 0 Å². The number of nitrogens with zero attached hydrogens (tertiary/aromatic N) is 4. The predicted molar refractivity (Wildman–Crippen MR) is 112 cm³/mol. The van der Waals surface area contributed by atoms with Gasteiger partial charge in [0, 0.05) is 55.3 Å². The molecule has 4 heterocycles. The minimum atomic E-state index is 0.0379. The molecule has 1 fully saturated rings. The van der Waals surface area contributed by atoms with Crippen LogP contribution in [0.5, 0.6) is 0 Å². The summed E-state index contributed by atoms with van der Waals surface area (Å²) in [6.45, 7) is 1.01. The van der Waals surface area contributed by atoms with Gasteiger partial charge in [-0.05, 0) is 37.7 Å². The van der Waals surface area contributed by atoms with Crippen LogP contribution in [-0.2, 0) is 17.8 Å². The van der Waals surface area contributed by atoms with Crippen LogP contribution < -0.4 is 10.6 Å². The van der Waals surface area contributed by atoms with E-state index in [9.17, 15) is 4.79 Å². The molecule has 0 aromatic carbocycles. The number of hydrogen-bond acceptors (Lipinski definition) is 5. The molecule has 3 aromatic rings. The van der Waals surface area contributed by atoms with Gasteiger partial charge < -0.3 is 15.2 Å². The van der Waals surface area contributed by atoms with Gasteiger partial charge in [0.1, 0.15) is 23.2 Å². The molecule has 0 radical (unpaired) electrons. The maximum atomic E-state index is 12.1. The van der Waals surface area contributed by atoms with Gasteiger partial charge in [0.15, 0.2) is 0 Å². The average Bonchev–Trinajstić information content (AvgIpc) is 3.51. The van der Waals surface area contributed by atoms with Crippen LogP contribution in [-0.4, -0.2) is 32.5 Å². The highest BCUT2D eigenvalue weighted by Gasteiger charge is 2.29. The minimum absolute atomic E-state index is 0.0379. The van der Waals surface area contributed by atoms with Gasteiger partial charge in [0.25, 0.3) is 0 Å². The molecule has 29 heavy (non-hydrogen) atoms. The predicted octanol–water partition coefficient (Wildman–Crippen LogP) is 2.95. The van der Waals surface area contributed by atoms with Crippen molar-refractivity contribution in [2.24, 2.45) is 5.92 Å². The van der Waals surface area contributed by atoms with Crippen molar-refractivity contribution in [2.45, 2.75) is 38.6 Å². The first-order valence-corrected chi connectivity index (χ1v) is 10.1. The zero-order valence-corrected chi connectivity index (χ0v) is 16.3. The maximum Gasteiger partial charge on any atom is 0.228 e. The van der Waals surface area contributed by atoms with E-state index in [1.54, 1.807) is 12.4 Å². The third kappa shape index (κ3) is 3.54. The van der Waals surface area contributed by atoms with Crippen molar-refractivity contribution < 1.29 is 4.79 Å². The van der Waals surface area contributed by atoms with Crippen molar-refractivity contribution in [2.75, 3.05) is 17.7 Å². The molecule has 0 spiro atoms. The van der Waals surface area contributed by atoms with Crippen molar-refractivity contribution in [3.63, 3.8) is 0 Å². The fraction of sp³-hybridized carbons (Fsp3) is 0.364. The summed E-state index contributed by atoms with van der Waals surface area (Å²) in [4.78, 5) is 25.6. The topological polar surface area (TPSA) is 84.7 Å². The molecule has 5 rings (SSSR count). The van der Waals surface area contributed by atoms with E-state index >= 15 is 0 Å². The second-order valence-electron chi connectivity index (χ2n) is 7.59. The Labute approximate surface area is 169 Å². The number of amides is 1. The number of rotatable bonds is 3. The lowest BCUT2D eigenvalue weighted by Gasteiger charge is -2.11. The monoisotopic (exact) mass is 386 g/mol. The van der Waals surface area contributed by atoms with Gasteiger partial charge in [-0.3, -0.25) is 4.79 Å². The Kier molecular flexibility index (Phi) is 4.39. The van der Waals surface area contributed by atoms with Crippen molar-refractivity contribution in [3.05, 3.63) is 41.7 Å². The standard InChI is InChI=1S/C22H22N6O/c1-23-21-18-12-24-19(27-22(29)14-5-6-14)10-17(18)15(11-25-21)7-8-16-13-28-9-3-2-4-20(28)26-16/h10-14H,2-6,9H2,1H3,(H,23,25)(H,24,27,29). The summed E-state index contributed by atoms with van der Waals surface area (Å²) < 4.78 is 2.20. The Hall–Kier alpha value is -3.40. The Bertz CT molecular complexity index is 1140. The quantitative estimate of drug-likeness (QED) is 0.676. The molecule has 2 N–H and O–H groups in total. The number of aryl methyl sites for hydroxylation is 2. The first kappa shape index (κ1) is 17.7. The summed E-state index contributed by atoms with van der Waals surface area (Å²) in [7, 11) is 1.82. The Morgan fingerprint density at radius 3 is 2.86 bits per heavy atom. The number of anilines is 2. The maximum absolute atomic E-state index is 12.1. The van der Waals surface area contributed by atoms with E-state index < -0.39 is 0 Å². The third-order valence-electron chi connectivity index (χ3n) is 5.44. The second-order valence-corrected chi connectivity index (χ2v) is 7.59. The molecule has 1 aliphatic heterocycles. The van der Waals surface area contributed by atoms with E-state index in [1.807, 2.05) is 19.3 Å². The van der Waals surface area contributed by atoms with Crippen molar-refractivity contribution in [3.8, 4) is 11.8 Å². The van der Waals surface area contributed by atoms with E-state index in [1.165, 1.54) is 12.8 Å². The van der Waals surface area contributed by atoms with Crippen molar-refractivity contribution >= 4 is 28.3 Å². The van der Waals surface area contributed by atoms with Crippen LogP contribution in [0.15, 0.2) is 24.7 Å². The molecule has 0 bridgehead atoms. The van der Waals surface area contributed by atoms with Crippen LogP contribution in [0.2, 0.25) is 0 Å². The van der Waals surface area contributed by atoms with Gasteiger partial charge >= 0.3 is 0 Å². The van der Waals surface area contributed by atoms with Crippen LogP contribution in [0.3, 0.4) is 0 Å². The van der Waals surface area contributed by atoms with E-state index in [0.717, 1.165) is 59.5 Å². The Morgan fingerprint density at radius 2 is 2.07 bits per heavy atom. The smallest absolute Gasteiger partial charge is 0.228 e. The van der Waals surface area contributed by atoms with Crippen LogP contribution in [0.4, 0.5) is 11.6 Å². The SMILES string of the molecule is CNc1ncc(C#Cc2cn3c(n2)CCCC3)c2cc(NC(=O)C3CC3)ncc12. The highest BCUT2D eigenvalue weighted by atomic mass is 16.2. The van der Waals surface area contributed by atoms with Gasteiger partial charge in [-0.15, -0.1) is 0 Å². The van der Waals surface area contributed by atoms with Crippen molar-refractivity contribution in [1.29, 1.82) is 0 Å². The molecular weight excluding hydrogens is 364 g/mol. The molecule has 1 aliphatic carbocycles. The molecule has 0 saturated heterocycles. The van der Waals surface area contributed by atoms with Crippen LogP contribution in [0.25, 0.3) is 10.8 Å². The number of aromatic nitrogens is 4. The number of carbonyl (C=O) groups excluding carboxylic acids is 1. The summed E-state index contributed by atoms with van der Waals surface area (Å²) in [6, 6.07) is 1.88. The van der Waals surface area contributed by atoms with E-state index in [2.05, 4.69) is 42.0 Å². The molecule has 7 nitrogen and oxygen atoms in total. The molecule has 1 amide bonds. The van der Waals surface area contributed by atoms with Gasteiger partial charge in [-0.2, -0.15) is 0 Å². The number of carbonyl (C=O) groups is 1. The number of imidazole rings is 1. The zero-order valence-electron chi connectivity index (χ0n) is 16.3. The van der Waals surface area contributed by atoms with Gasteiger partial charge in [-0.1, -0.05) is 5.92 Å². The molecule has 3 aromatic heterocycles. The van der Waals surface area contributed by atoms with E-state index in [-0.39, 0.29) is 11.8 Å². The number of hydrogen-bond donors (Lipinski definition) is 2. The first-order chi connectivity index (χ1) is 14.2. The lowest BCUT2D eigenvalue weighted by Crippen LogP contribution is -2.14. The molecule has 7 heteroatoms. The van der Waals surface area contributed by atoms with Gasteiger partial charge in [0.05, 0.1) is 5.56 Å². The lowest BCUT2D eigenvalue weighted by atomic mass is 10.1. The number of pyridine rings is 2. The Morgan fingerprint density at radius 1 is 1.17 bits per heavy atom. The number of nitrogens with one attached hydrogen (secondary N) is 2. The summed E-state index contributed by atoms with van der Waals surface area (Å²) in [5.41, 5.74) is 1.57. The highest BCUT2D eigenvalue weighted by molar-refractivity contribution is 5.99. The first-order valence-electron chi connectivity index (χ1n) is 10.1. The summed E-state index contributed by atoms with van der Waals surface area (Å²) in [5.74, 6) is 8.97. The van der Waals surface area contributed by atoms with Crippen LogP contribution in [0.1, 0.15) is 42.8 Å². The molecule has 2 aliphatic rings. The minimum Gasteiger partial charge on any atom is -0.373 e. The molecular formula is C22H22N6O. The van der Waals surface area contributed by atoms with Gasteiger partial charge in [0.2, 0.25) is 5.91 Å². The summed E-state index contributed by atoms with van der Waals surface area (Å²) >= 11 is 0.